The molecule has 2 aliphatic heterocycles. The van der Waals surface area contributed by atoms with Gasteiger partial charge >= 0.3 is 5.97 Å². The fourth-order valence-corrected chi connectivity index (χ4v) is 6.26. The Hall–Kier alpha value is -2.23. The summed E-state index contributed by atoms with van der Waals surface area (Å²) in [6.07, 6.45) is 1.87. The Kier molecular flexibility index (Phi) is 5.71. The van der Waals surface area contributed by atoms with Gasteiger partial charge in [0.1, 0.15) is 9.96 Å². The smallest absolute Gasteiger partial charge is 0.310 e. The van der Waals surface area contributed by atoms with Crippen molar-refractivity contribution in [2.45, 2.75) is 23.5 Å². The summed E-state index contributed by atoms with van der Waals surface area (Å²) in [5.41, 5.74) is 1.46. The number of ether oxygens (including phenoxy) is 2. The molecule has 0 spiro atoms. The fourth-order valence-electron chi connectivity index (χ4n) is 3.59. The van der Waals surface area contributed by atoms with E-state index in [-0.39, 0.29) is 23.1 Å². The minimum atomic E-state index is -3.60. The van der Waals surface area contributed by atoms with Crippen molar-refractivity contribution in [3.05, 3.63) is 46.8 Å². The molecule has 2 aromatic rings. The van der Waals surface area contributed by atoms with Gasteiger partial charge in [-0.2, -0.15) is 4.31 Å². The van der Waals surface area contributed by atoms with Crippen LogP contribution in [-0.4, -0.2) is 50.8 Å². The average Bonchev–Trinajstić information content (AvgIpc) is 3.43. The molecule has 0 amide bonds. The van der Waals surface area contributed by atoms with Crippen LogP contribution >= 0.6 is 11.3 Å². The molecule has 1 aromatic carbocycles. The summed E-state index contributed by atoms with van der Waals surface area (Å²) in [5.74, 6) is -0.603. The predicted octanol–water partition coefficient (Wildman–Crippen LogP) is 2.51. The number of thiophene rings is 1. The van der Waals surface area contributed by atoms with Gasteiger partial charge in [-0.15, -0.1) is 11.3 Å². The lowest BCUT2D eigenvalue weighted by molar-refractivity contribution is -0.148. The molecular weight excluding hydrogens is 414 g/mol. The number of esters is 1. The van der Waals surface area contributed by atoms with Gasteiger partial charge in [0, 0.05) is 25.1 Å². The molecule has 1 atom stereocenters. The third-order valence-corrected chi connectivity index (χ3v) is 8.40. The average molecular weight is 436 g/mol. The molecule has 1 aromatic heterocycles. The van der Waals surface area contributed by atoms with Crippen LogP contribution in [0.2, 0.25) is 0 Å². The van der Waals surface area contributed by atoms with Crippen LogP contribution in [0.3, 0.4) is 0 Å². The van der Waals surface area contributed by atoms with Gasteiger partial charge in [0.05, 0.1) is 12.5 Å². The minimum Gasteiger partial charge on any atom is -0.493 e. The highest BCUT2D eigenvalue weighted by atomic mass is 32.2. The Bertz CT molecular complexity index is 1020. The van der Waals surface area contributed by atoms with Crippen molar-refractivity contribution in [3.8, 4) is 5.75 Å². The number of hydrogen-bond acceptors (Lipinski definition) is 7. The summed E-state index contributed by atoms with van der Waals surface area (Å²) in [6.45, 7) is 0.699. The molecule has 7 nitrogen and oxygen atoms in total. The van der Waals surface area contributed by atoms with Crippen LogP contribution in [0.4, 0.5) is 0 Å². The van der Waals surface area contributed by atoms with Crippen molar-refractivity contribution in [1.29, 1.82) is 0 Å². The van der Waals surface area contributed by atoms with Crippen molar-refractivity contribution in [2.24, 2.45) is 5.92 Å². The Balaban J connectivity index is 1.35. The number of carbonyl (C=O) groups excluding carboxylic acids is 2. The first kappa shape index (κ1) is 20.1. The predicted molar refractivity (Wildman–Crippen MR) is 107 cm³/mol. The normalized spacial score (nSPS) is 19.4. The zero-order valence-electron chi connectivity index (χ0n) is 15.7. The van der Waals surface area contributed by atoms with Gasteiger partial charge in [-0.05, 0) is 48.1 Å². The van der Waals surface area contributed by atoms with E-state index in [9.17, 15) is 18.0 Å². The fraction of sp³-hybridized carbons (Fsp3) is 0.400. The molecule has 0 bridgehead atoms. The summed E-state index contributed by atoms with van der Waals surface area (Å²) in [5, 5.41) is 1.71. The summed E-state index contributed by atoms with van der Waals surface area (Å²) in [7, 11) is -3.60. The zero-order chi connectivity index (χ0) is 20.4. The lowest BCUT2D eigenvalue weighted by Crippen LogP contribution is -2.42. The van der Waals surface area contributed by atoms with Crippen LogP contribution < -0.4 is 4.74 Å². The molecule has 0 saturated carbocycles. The summed E-state index contributed by atoms with van der Waals surface area (Å²) < 4.78 is 37.6. The first-order chi connectivity index (χ1) is 13.9. The lowest BCUT2D eigenvalue weighted by Gasteiger charge is -2.30. The van der Waals surface area contributed by atoms with Crippen molar-refractivity contribution in [2.75, 3.05) is 26.3 Å². The standard InChI is InChI=1S/C20H21NO6S2/c22-17(14-5-6-18-15(11-14)7-9-26-18)13-27-20(23)16-3-1-8-21(12-16)29(24,25)19-4-2-10-28-19/h2,4-6,10-11,16H,1,3,7-9,12-13H2. The van der Waals surface area contributed by atoms with E-state index >= 15 is 0 Å². The van der Waals surface area contributed by atoms with E-state index in [1.165, 1.54) is 4.31 Å². The number of piperidine rings is 1. The number of nitrogens with zero attached hydrogens (tertiary/aromatic N) is 1. The van der Waals surface area contributed by atoms with Gasteiger partial charge in [-0.3, -0.25) is 9.59 Å². The molecule has 9 heteroatoms. The number of fused-ring (bicyclic) bond motifs is 1. The number of hydrogen-bond donors (Lipinski definition) is 0. The second kappa shape index (κ2) is 8.25. The third-order valence-electron chi connectivity index (χ3n) is 5.16. The quantitative estimate of drug-likeness (QED) is 0.512. The molecule has 1 fully saturated rings. The number of ketones is 1. The van der Waals surface area contributed by atoms with Crippen LogP contribution in [0.15, 0.2) is 39.9 Å². The van der Waals surface area contributed by atoms with E-state index < -0.39 is 21.9 Å². The van der Waals surface area contributed by atoms with Crippen molar-refractivity contribution in [3.63, 3.8) is 0 Å². The number of carbonyl (C=O) groups is 2. The summed E-state index contributed by atoms with van der Waals surface area (Å²) >= 11 is 1.15. The van der Waals surface area contributed by atoms with E-state index in [0.29, 0.717) is 31.6 Å². The van der Waals surface area contributed by atoms with Gasteiger partial charge in [-0.25, -0.2) is 8.42 Å². The number of sulfonamides is 1. The molecule has 0 aliphatic carbocycles. The second-order valence-corrected chi connectivity index (χ2v) is 10.2. The zero-order valence-corrected chi connectivity index (χ0v) is 17.3. The van der Waals surface area contributed by atoms with Gasteiger partial charge < -0.3 is 9.47 Å². The van der Waals surface area contributed by atoms with Gasteiger partial charge in [0.2, 0.25) is 0 Å². The topological polar surface area (TPSA) is 90.0 Å². The minimum absolute atomic E-state index is 0.0729. The van der Waals surface area contributed by atoms with E-state index in [4.69, 9.17) is 9.47 Å². The number of rotatable bonds is 6. The highest BCUT2D eigenvalue weighted by Gasteiger charge is 2.34. The molecular formula is C20H21NO6S2. The Morgan fingerprint density at radius 2 is 2.14 bits per heavy atom. The molecule has 0 radical (unpaired) electrons. The van der Waals surface area contributed by atoms with Crippen LogP contribution in [-0.2, 0) is 26.0 Å². The maximum Gasteiger partial charge on any atom is 0.310 e. The molecule has 29 heavy (non-hydrogen) atoms. The maximum absolute atomic E-state index is 12.7. The number of benzene rings is 1. The summed E-state index contributed by atoms with van der Waals surface area (Å²) in [6, 6.07) is 8.43. The lowest BCUT2D eigenvalue weighted by atomic mass is 10.00. The Labute approximate surface area is 173 Å². The van der Waals surface area contributed by atoms with Crippen molar-refractivity contribution < 1.29 is 27.5 Å². The van der Waals surface area contributed by atoms with Crippen LogP contribution in [0, 0.1) is 5.92 Å². The Morgan fingerprint density at radius 3 is 2.93 bits per heavy atom. The molecule has 2 aliphatic rings. The van der Waals surface area contributed by atoms with Crippen LogP contribution in [0.25, 0.3) is 0 Å². The third kappa shape index (κ3) is 4.22. The van der Waals surface area contributed by atoms with E-state index in [1.807, 2.05) is 0 Å². The maximum atomic E-state index is 12.7. The van der Waals surface area contributed by atoms with Gasteiger partial charge in [-0.1, -0.05) is 6.07 Å². The van der Waals surface area contributed by atoms with E-state index in [0.717, 1.165) is 29.1 Å². The monoisotopic (exact) mass is 435 g/mol. The first-order valence-corrected chi connectivity index (χ1v) is 11.8. The van der Waals surface area contributed by atoms with Crippen LogP contribution in [0.1, 0.15) is 28.8 Å². The van der Waals surface area contributed by atoms with Crippen LogP contribution in [0.5, 0.6) is 5.75 Å². The highest BCUT2D eigenvalue weighted by Crippen LogP contribution is 2.28. The summed E-state index contributed by atoms with van der Waals surface area (Å²) in [4.78, 5) is 24.9. The Morgan fingerprint density at radius 1 is 1.28 bits per heavy atom. The largest absolute Gasteiger partial charge is 0.493 e. The molecule has 0 N–H and O–H groups in total. The van der Waals surface area contributed by atoms with Crippen molar-refractivity contribution >= 4 is 33.1 Å². The van der Waals surface area contributed by atoms with E-state index in [1.54, 1.807) is 35.7 Å². The van der Waals surface area contributed by atoms with Crippen molar-refractivity contribution in [1.82, 2.24) is 4.31 Å². The highest BCUT2D eigenvalue weighted by molar-refractivity contribution is 7.91. The number of Topliss-reactive ketones (excluding diaryl/α,β-unsaturated/α-hetero) is 1. The molecule has 4 rings (SSSR count). The molecule has 1 unspecified atom stereocenters. The first-order valence-electron chi connectivity index (χ1n) is 9.44. The molecule has 154 valence electrons. The SMILES string of the molecule is O=C(COC(=O)C1CCCN(S(=O)(=O)c2cccs2)C1)c1ccc2c(c1)CCO2. The van der Waals surface area contributed by atoms with Gasteiger partial charge in [0.25, 0.3) is 10.0 Å². The molecule has 1 saturated heterocycles. The van der Waals surface area contributed by atoms with E-state index in [2.05, 4.69) is 0 Å². The molecule has 3 heterocycles. The van der Waals surface area contributed by atoms with Gasteiger partial charge in [0.15, 0.2) is 12.4 Å². The second-order valence-electron chi connectivity index (χ2n) is 7.09.